The highest BCUT2D eigenvalue weighted by Gasteiger charge is 2.24. The summed E-state index contributed by atoms with van der Waals surface area (Å²) in [6.07, 6.45) is 4.96. The lowest BCUT2D eigenvalue weighted by atomic mass is 10.1. The minimum atomic E-state index is 0.504. The van der Waals surface area contributed by atoms with Crippen LogP contribution in [0.15, 0.2) is 0 Å². The molecule has 1 aliphatic carbocycles. The summed E-state index contributed by atoms with van der Waals surface area (Å²) in [5, 5.41) is 4.69. The number of hydrogen-bond acceptors (Lipinski definition) is 6. The first-order valence-electron chi connectivity index (χ1n) is 7.03. The molecule has 20 heavy (non-hydrogen) atoms. The summed E-state index contributed by atoms with van der Waals surface area (Å²) in [5.74, 6) is 2.29. The van der Waals surface area contributed by atoms with Crippen LogP contribution >= 0.6 is 11.7 Å². The summed E-state index contributed by atoms with van der Waals surface area (Å²) in [6, 6.07) is 0. The maximum Gasteiger partial charge on any atom is 0.180 e. The molecule has 0 radical (unpaired) electrons. The van der Waals surface area contributed by atoms with Gasteiger partial charge in [0.1, 0.15) is 5.69 Å². The second-order valence-corrected chi connectivity index (χ2v) is 5.72. The van der Waals surface area contributed by atoms with Crippen molar-refractivity contribution in [2.45, 2.75) is 45.1 Å². The molecule has 7 heteroatoms. The molecule has 1 saturated carbocycles. The maximum atomic E-state index is 5.16. The Bertz CT molecular complexity index is 573. The molecule has 0 unspecified atom stereocenters. The molecule has 0 saturated heterocycles. The Morgan fingerprint density at radius 2 is 2.10 bits per heavy atom. The summed E-state index contributed by atoms with van der Waals surface area (Å²) in [4.78, 5) is 4.75. The molecular formula is C13H19N5OS. The van der Waals surface area contributed by atoms with Crippen LogP contribution in [0.1, 0.15) is 43.1 Å². The third kappa shape index (κ3) is 2.60. The number of hydrogen-bond donors (Lipinski definition) is 0. The van der Waals surface area contributed by atoms with Gasteiger partial charge in [-0.3, -0.25) is 0 Å². The van der Waals surface area contributed by atoms with Gasteiger partial charge in [-0.2, -0.15) is 13.8 Å². The zero-order valence-electron chi connectivity index (χ0n) is 11.9. The van der Waals surface area contributed by atoms with Crippen LogP contribution in [0.4, 0.5) is 0 Å². The van der Waals surface area contributed by atoms with Crippen LogP contribution in [0.2, 0.25) is 0 Å². The number of rotatable bonds is 5. The number of nitrogens with zero attached hydrogens (tertiary/aromatic N) is 5. The minimum absolute atomic E-state index is 0.504. The molecule has 3 rings (SSSR count). The fourth-order valence-corrected chi connectivity index (χ4v) is 3.20. The van der Waals surface area contributed by atoms with Gasteiger partial charge in [0.05, 0.1) is 30.6 Å². The minimum Gasteiger partial charge on any atom is -0.383 e. The van der Waals surface area contributed by atoms with E-state index in [1.165, 1.54) is 37.4 Å². The fourth-order valence-electron chi connectivity index (χ4n) is 2.66. The Labute approximate surface area is 122 Å². The molecule has 0 bridgehead atoms. The van der Waals surface area contributed by atoms with E-state index in [0.717, 1.165) is 23.0 Å². The zero-order chi connectivity index (χ0) is 13.9. The Kier molecular flexibility index (Phi) is 4.07. The van der Waals surface area contributed by atoms with Crippen molar-refractivity contribution in [3.63, 3.8) is 0 Å². The Morgan fingerprint density at radius 3 is 2.75 bits per heavy atom. The van der Waals surface area contributed by atoms with E-state index in [9.17, 15) is 0 Å². The van der Waals surface area contributed by atoms with E-state index in [1.54, 1.807) is 7.11 Å². The van der Waals surface area contributed by atoms with Crippen molar-refractivity contribution in [2.75, 3.05) is 13.7 Å². The molecule has 1 fully saturated rings. The van der Waals surface area contributed by atoms with E-state index in [2.05, 4.69) is 13.8 Å². The van der Waals surface area contributed by atoms with Crippen LogP contribution in [-0.4, -0.2) is 37.2 Å². The van der Waals surface area contributed by atoms with Crippen LogP contribution in [0.25, 0.3) is 11.5 Å². The van der Waals surface area contributed by atoms with Crippen molar-refractivity contribution >= 4 is 11.7 Å². The van der Waals surface area contributed by atoms with Crippen molar-refractivity contribution in [3.8, 4) is 11.5 Å². The zero-order valence-corrected chi connectivity index (χ0v) is 12.7. The highest BCUT2D eigenvalue weighted by atomic mass is 32.1. The molecule has 0 amide bonds. The third-order valence-corrected chi connectivity index (χ3v) is 4.40. The molecule has 6 nitrogen and oxygen atoms in total. The number of aromatic nitrogens is 5. The molecule has 108 valence electrons. The summed E-state index contributed by atoms with van der Waals surface area (Å²) >= 11 is 1.22. The molecule has 2 heterocycles. The standard InChI is InChI=1S/C13H19N5OS/c1-9-11(17-20-16-9)13-14-12(10-5-3-4-6-10)15-18(13)7-8-19-2/h10H,3-8H2,1-2H3. The van der Waals surface area contributed by atoms with E-state index in [4.69, 9.17) is 9.72 Å². The fraction of sp³-hybridized carbons (Fsp3) is 0.692. The van der Waals surface area contributed by atoms with E-state index in [0.29, 0.717) is 19.1 Å². The van der Waals surface area contributed by atoms with E-state index in [1.807, 2.05) is 11.6 Å². The quantitative estimate of drug-likeness (QED) is 0.847. The van der Waals surface area contributed by atoms with E-state index in [-0.39, 0.29) is 0 Å². The van der Waals surface area contributed by atoms with Gasteiger partial charge in [0.15, 0.2) is 11.6 Å². The van der Waals surface area contributed by atoms with Gasteiger partial charge in [-0.05, 0) is 19.8 Å². The van der Waals surface area contributed by atoms with Gasteiger partial charge in [-0.1, -0.05) is 12.8 Å². The van der Waals surface area contributed by atoms with E-state index >= 15 is 0 Å². The Hall–Kier alpha value is -1.34. The first kappa shape index (κ1) is 13.6. The molecular weight excluding hydrogens is 274 g/mol. The largest absolute Gasteiger partial charge is 0.383 e. The van der Waals surface area contributed by atoms with Gasteiger partial charge >= 0.3 is 0 Å². The SMILES string of the molecule is COCCn1nc(C2CCCC2)nc1-c1nsnc1C. The molecule has 0 aromatic carbocycles. The lowest BCUT2D eigenvalue weighted by Gasteiger charge is -2.03. The van der Waals surface area contributed by atoms with Crippen LogP contribution in [0.3, 0.4) is 0 Å². The first-order chi connectivity index (χ1) is 9.79. The smallest absolute Gasteiger partial charge is 0.180 e. The third-order valence-electron chi connectivity index (χ3n) is 3.78. The predicted octanol–water partition coefficient (Wildman–Crippen LogP) is 2.41. The molecule has 0 atom stereocenters. The highest BCUT2D eigenvalue weighted by molar-refractivity contribution is 6.99. The Balaban J connectivity index is 1.95. The van der Waals surface area contributed by atoms with Crippen molar-refractivity contribution in [1.29, 1.82) is 0 Å². The molecule has 2 aromatic rings. The van der Waals surface area contributed by atoms with Crippen LogP contribution in [0, 0.1) is 6.92 Å². The number of methoxy groups -OCH3 is 1. The van der Waals surface area contributed by atoms with E-state index < -0.39 is 0 Å². The van der Waals surface area contributed by atoms with Crippen molar-refractivity contribution in [1.82, 2.24) is 23.5 Å². The van der Waals surface area contributed by atoms with Crippen LogP contribution in [0.5, 0.6) is 0 Å². The van der Waals surface area contributed by atoms with Crippen molar-refractivity contribution < 1.29 is 4.74 Å². The number of ether oxygens (including phenoxy) is 1. The summed E-state index contributed by atoms with van der Waals surface area (Å²) in [6.45, 7) is 3.28. The summed E-state index contributed by atoms with van der Waals surface area (Å²) in [7, 11) is 1.70. The molecule has 0 aliphatic heterocycles. The summed E-state index contributed by atoms with van der Waals surface area (Å²) in [5.41, 5.74) is 1.77. The normalized spacial score (nSPS) is 16.1. The maximum absolute atomic E-state index is 5.16. The Morgan fingerprint density at radius 1 is 1.30 bits per heavy atom. The first-order valence-corrected chi connectivity index (χ1v) is 7.76. The lowest BCUT2D eigenvalue weighted by molar-refractivity contribution is 0.183. The van der Waals surface area contributed by atoms with Crippen LogP contribution < -0.4 is 0 Å². The lowest BCUT2D eigenvalue weighted by Crippen LogP contribution is -2.08. The van der Waals surface area contributed by atoms with Gasteiger partial charge in [-0.15, -0.1) is 0 Å². The second kappa shape index (κ2) is 5.97. The van der Waals surface area contributed by atoms with Crippen LogP contribution in [-0.2, 0) is 11.3 Å². The predicted molar refractivity (Wildman–Crippen MR) is 76.7 cm³/mol. The highest BCUT2D eigenvalue weighted by Crippen LogP contribution is 2.33. The average molecular weight is 293 g/mol. The van der Waals surface area contributed by atoms with Gasteiger partial charge in [-0.25, -0.2) is 9.67 Å². The average Bonchev–Trinajstić information content (AvgIpc) is 3.15. The van der Waals surface area contributed by atoms with Gasteiger partial charge in [0, 0.05) is 13.0 Å². The summed E-state index contributed by atoms with van der Waals surface area (Å²) < 4.78 is 15.7. The topological polar surface area (TPSA) is 65.7 Å². The van der Waals surface area contributed by atoms with Gasteiger partial charge in [0.2, 0.25) is 0 Å². The van der Waals surface area contributed by atoms with Gasteiger partial charge in [0.25, 0.3) is 0 Å². The number of aryl methyl sites for hydroxylation is 1. The molecule has 0 N–H and O–H groups in total. The monoisotopic (exact) mass is 293 g/mol. The second-order valence-electron chi connectivity index (χ2n) is 5.19. The van der Waals surface area contributed by atoms with Crippen molar-refractivity contribution in [3.05, 3.63) is 11.5 Å². The van der Waals surface area contributed by atoms with Crippen molar-refractivity contribution in [2.24, 2.45) is 0 Å². The molecule has 0 spiro atoms. The van der Waals surface area contributed by atoms with Gasteiger partial charge < -0.3 is 4.74 Å². The molecule has 1 aliphatic rings. The molecule has 2 aromatic heterocycles.